The van der Waals surface area contributed by atoms with E-state index in [1.807, 2.05) is 6.07 Å². The van der Waals surface area contributed by atoms with E-state index >= 15 is 0 Å². The fraction of sp³-hybridized carbons (Fsp3) is 0.667. The van der Waals surface area contributed by atoms with Gasteiger partial charge in [-0.05, 0) is 18.7 Å². The van der Waals surface area contributed by atoms with Crippen molar-refractivity contribution in [2.45, 2.75) is 33.4 Å². The average molecular weight is 261 g/mol. The van der Waals surface area contributed by atoms with E-state index in [0.29, 0.717) is 6.04 Å². The van der Waals surface area contributed by atoms with Crippen LogP contribution in [0.15, 0.2) is 12.1 Å². The summed E-state index contributed by atoms with van der Waals surface area (Å²) in [7, 11) is 0. The van der Waals surface area contributed by atoms with Gasteiger partial charge in [0.2, 0.25) is 0 Å². The normalized spacial score (nSPS) is 11.6. The SMILES string of the molecule is CCN(CCNC(C)C)Cc1ccc(Cl)s1. The van der Waals surface area contributed by atoms with Crippen LogP contribution in [0.2, 0.25) is 4.34 Å². The summed E-state index contributed by atoms with van der Waals surface area (Å²) in [5, 5.41) is 3.44. The molecule has 0 amide bonds. The monoisotopic (exact) mass is 260 g/mol. The lowest BCUT2D eigenvalue weighted by molar-refractivity contribution is 0.278. The molecule has 0 aliphatic rings. The Balaban J connectivity index is 2.31. The standard InChI is InChI=1S/C12H21ClN2S/c1-4-15(8-7-14-10(2)3)9-11-5-6-12(13)16-11/h5-6,10,14H,4,7-9H2,1-3H3. The zero-order chi connectivity index (χ0) is 12.0. The Hall–Kier alpha value is -0.0900. The van der Waals surface area contributed by atoms with Gasteiger partial charge in [-0.3, -0.25) is 4.90 Å². The first-order valence-electron chi connectivity index (χ1n) is 5.81. The van der Waals surface area contributed by atoms with E-state index in [1.165, 1.54) is 4.88 Å². The Kier molecular flexibility index (Phi) is 6.36. The number of thiophene rings is 1. The fourth-order valence-electron chi connectivity index (χ4n) is 1.52. The number of likely N-dealkylation sites (N-methyl/N-ethyl adjacent to an activating group) is 1. The summed E-state index contributed by atoms with van der Waals surface area (Å²) < 4.78 is 0.881. The molecular weight excluding hydrogens is 240 g/mol. The molecule has 4 heteroatoms. The van der Waals surface area contributed by atoms with Crippen LogP contribution in [-0.4, -0.2) is 30.6 Å². The predicted molar refractivity (Wildman–Crippen MR) is 73.4 cm³/mol. The van der Waals surface area contributed by atoms with Crippen LogP contribution in [0, 0.1) is 0 Å². The second-order valence-corrected chi connectivity index (χ2v) is 5.98. The van der Waals surface area contributed by atoms with Crippen molar-refractivity contribution in [1.29, 1.82) is 0 Å². The number of halogens is 1. The molecule has 0 atom stereocenters. The lowest BCUT2D eigenvalue weighted by Crippen LogP contribution is -2.34. The Labute approximate surface area is 108 Å². The molecule has 0 radical (unpaired) electrons. The molecule has 92 valence electrons. The lowest BCUT2D eigenvalue weighted by atomic mass is 10.3. The van der Waals surface area contributed by atoms with Gasteiger partial charge in [0.1, 0.15) is 0 Å². The van der Waals surface area contributed by atoms with E-state index < -0.39 is 0 Å². The minimum Gasteiger partial charge on any atom is -0.313 e. The van der Waals surface area contributed by atoms with Crippen LogP contribution in [0.1, 0.15) is 25.6 Å². The minimum absolute atomic E-state index is 0.565. The van der Waals surface area contributed by atoms with Crippen molar-refractivity contribution >= 4 is 22.9 Å². The molecule has 0 fully saturated rings. The average Bonchev–Trinajstić information content (AvgIpc) is 2.62. The third-order valence-electron chi connectivity index (χ3n) is 2.44. The van der Waals surface area contributed by atoms with Crippen molar-refractivity contribution in [2.24, 2.45) is 0 Å². The van der Waals surface area contributed by atoms with Crippen molar-refractivity contribution in [3.8, 4) is 0 Å². The molecule has 1 N–H and O–H groups in total. The van der Waals surface area contributed by atoms with Crippen LogP contribution in [0.5, 0.6) is 0 Å². The van der Waals surface area contributed by atoms with Crippen LogP contribution >= 0.6 is 22.9 Å². The second kappa shape index (κ2) is 7.28. The zero-order valence-corrected chi connectivity index (χ0v) is 11.9. The molecule has 0 spiro atoms. The Bertz CT molecular complexity index is 299. The van der Waals surface area contributed by atoms with Crippen molar-refractivity contribution in [2.75, 3.05) is 19.6 Å². The predicted octanol–water partition coefficient (Wildman–Crippen LogP) is 3.22. The highest BCUT2D eigenvalue weighted by molar-refractivity contribution is 7.16. The van der Waals surface area contributed by atoms with E-state index in [-0.39, 0.29) is 0 Å². The smallest absolute Gasteiger partial charge is 0.0931 e. The van der Waals surface area contributed by atoms with Gasteiger partial charge in [-0.25, -0.2) is 0 Å². The van der Waals surface area contributed by atoms with E-state index in [4.69, 9.17) is 11.6 Å². The summed E-state index contributed by atoms with van der Waals surface area (Å²) >= 11 is 7.60. The highest BCUT2D eigenvalue weighted by Crippen LogP contribution is 2.22. The zero-order valence-electron chi connectivity index (χ0n) is 10.3. The summed E-state index contributed by atoms with van der Waals surface area (Å²) in [6.45, 7) is 10.8. The number of nitrogens with zero attached hydrogens (tertiary/aromatic N) is 1. The van der Waals surface area contributed by atoms with Crippen LogP contribution in [0.25, 0.3) is 0 Å². The van der Waals surface area contributed by atoms with E-state index in [1.54, 1.807) is 11.3 Å². The molecule has 0 saturated heterocycles. The molecule has 0 aromatic carbocycles. The number of hydrogen-bond acceptors (Lipinski definition) is 3. The molecule has 0 saturated carbocycles. The van der Waals surface area contributed by atoms with Crippen molar-refractivity contribution < 1.29 is 0 Å². The molecule has 1 aromatic heterocycles. The molecule has 1 heterocycles. The molecule has 16 heavy (non-hydrogen) atoms. The number of nitrogens with one attached hydrogen (secondary N) is 1. The molecule has 2 nitrogen and oxygen atoms in total. The first-order valence-corrected chi connectivity index (χ1v) is 7.01. The van der Waals surface area contributed by atoms with E-state index in [2.05, 4.69) is 37.1 Å². The van der Waals surface area contributed by atoms with Crippen molar-refractivity contribution in [3.05, 3.63) is 21.3 Å². The Morgan fingerprint density at radius 3 is 2.69 bits per heavy atom. The maximum atomic E-state index is 5.92. The third kappa shape index (κ3) is 5.30. The summed E-state index contributed by atoms with van der Waals surface area (Å²) in [4.78, 5) is 3.77. The van der Waals surface area contributed by atoms with Gasteiger partial charge < -0.3 is 5.32 Å². The van der Waals surface area contributed by atoms with Gasteiger partial charge in [0.25, 0.3) is 0 Å². The van der Waals surface area contributed by atoms with Crippen LogP contribution in [0.4, 0.5) is 0 Å². The Morgan fingerprint density at radius 1 is 1.44 bits per heavy atom. The van der Waals surface area contributed by atoms with E-state index in [0.717, 1.165) is 30.5 Å². The maximum Gasteiger partial charge on any atom is 0.0931 e. The van der Waals surface area contributed by atoms with Crippen LogP contribution in [-0.2, 0) is 6.54 Å². The van der Waals surface area contributed by atoms with Gasteiger partial charge in [-0.1, -0.05) is 32.4 Å². The van der Waals surface area contributed by atoms with Gasteiger partial charge in [0.05, 0.1) is 4.34 Å². The van der Waals surface area contributed by atoms with Gasteiger partial charge in [0, 0.05) is 30.6 Å². The summed E-state index contributed by atoms with van der Waals surface area (Å²) in [6.07, 6.45) is 0. The van der Waals surface area contributed by atoms with Gasteiger partial charge >= 0.3 is 0 Å². The minimum atomic E-state index is 0.565. The van der Waals surface area contributed by atoms with Gasteiger partial charge in [-0.15, -0.1) is 11.3 Å². The molecule has 0 aliphatic carbocycles. The molecule has 0 bridgehead atoms. The highest BCUT2D eigenvalue weighted by atomic mass is 35.5. The second-order valence-electron chi connectivity index (χ2n) is 4.18. The summed E-state index contributed by atoms with van der Waals surface area (Å²) in [5.41, 5.74) is 0. The third-order valence-corrected chi connectivity index (χ3v) is 3.65. The molecule has 1 aromatic rings. The summed E-state index contributed by atoms with van der Waals surface area (Å²) in [5.74, 6) is 0. The summed E-state index contributed by atoms with van der Waals surface area (Å²) in [6, 6.07) is 4.66. The largest absolute Gasteiger partial charge is 0.313 e. The quantitative estimate of drug-likeness (QED) is 0.810. The van der Waals surface area contributed by atoms with Crippen molar-refractivity contribution in [3.63, 3.8) is 0 Å². The van der Waals surface area contributed by atoms with Crippen LogP contribution in [0.3, 0.4) is 0 Å². The lowest BCUT2D eigenvalue weighted by Gasteiger charge is -2.20. The molecular formula is C12H21ClN2S. The first kappa shape index (κ1) is 14.0. The van der Waals surface area contributed by atoms with E-state index in [9.17, 15) is 0 Å². The highest BCUT2D eigenvalue weighted by Gasteiger charge is 2.05. The number of rotatable bonds is 7. The number of hydrogen-bond donors (Lipinski definition) is 1. The fourth-order valence-corrected chi connectivity index (χ4v) is 2.65. The Morgan fingerprint density at radius 2 is 2.19 bits per heavy atom. The molecule has 0 aliphatic heterocycles. The van der Waals surface area contributed by atoms with Gasteiger partial charge in [0.15, 0.2) is 0 Å². The molecule has 0 unspecified atom stereocenters. The van der Waals surface area contributed by atoms with Crippen LogP contribution < -0.4 is 5.32 Å². The first-order chi connectivity index (χ1) is 7.61. The topological polar surface area (TPSA) is 15.3 Å². The maximum absolute atomic E-state index is 5.92. The van der Waals surface area contributed by atoms with Crippen molar-refractivity contribution in [1.82, 2.24) is 10.2 Å². The molecule has 1 rings (SSSR count). The van der Waals surface area contributed by atoms with Gasteiger partial charge in [-0.2, -0.15) is 0 Å².